The number of pyridine rings is 1. The van der Waals surface area contributed by atoms with Gasteiger partial charge in [0.1, 0.15) is 0 Å². The van der Waals surface area contributed by atoms with Crippen molar-refractivity contribution in [2.45, 2.75) is 19.8 Å². The van der Waals surface area contributed by atoms with Crippen molar-refractivity contribution in [3.8, 4) is 5.88 Å². The molecule has 0 atom stereocenters. The molecule has 1 rings (SSSR count). The van der Waals surface area contributed by atoms with Crippen molar-refractivity contribution < 1.29 is 14.3 Å². The molecule has 0 aliphatic carbocycles. The van der Waals surface area contributed by atoms with Gasteiger partial charge in [-0.15, -0.1) is 0 Å². The lowest BCUT2D eigenvalue weighted by Gasteiger charge is -2.06. The second-order valence-corrected chi connectivity index (χ2v) is 3.19. The maximum absolute atomic E-state index is 11.2. The molecule has 0 bridgehead atoms. The molecule has 88 valence electrons. The molecule has 5 heteroatoms. The Hall–Kier alpha value is -1.78. The standard InChI is InChI=1S/C11H16N2O3/c1-3-16-11(14)7-5-9-8(12)4-6-10(13-9)15-2/h4,6H,3,5,7,12H2,1-2H3. The molecule has 0 unspecified atom stereocenters. The van der Waals surface area contributed by atoms with Gasteiger partial charge < -0.3 is 15.2 Å². The molecule has 0 aliphatic heterocycles. The van der Waals surface area contributed by atoms with Crippen LogP contribution in [-0.2, 0) is 16.0 Å². The van der Waals surface area contributed by atoms with Crippen LogP contribution in [0.15, 0.2) is 12.1 Å². The third-order valence-corrected chi connectivity index (χ3v) is 2.06. The Labute approximate surface area is 94.6 Å². The lowest BCUT2D eigenvalue weighted by Crippen LogP contribution is -2.07. The number of aryl methyl sites for hydroxylation is 1. The number of nitrogens with two attached hydrogens (primary N) is 1. The number of aromatic nitrogens is 1. The lowest BCUT2D eigenvalue weighted by molar-refractivity contribution is -0.143. The highest BCUT2D eigenvalue weighted by atomic mass is 16.5. The fraction of sp³-hybridized carbons (Fsp3) is 0.455. The van der Waals surface area contributed by atoms with Gasteiger partial charge in [0.05, 0.1) is 31.5 Å². The number of nitrogens with zero attached hydrogens (tertiary/aromatic N) is 1. The summed E-state index contributed by atoms with van der Waals surface area (Å²) >= 11 is 0. The lowest BCUT2D eigenvalue weighted by atomic mass is 10.2. The van der Waals surface area contributed by atoms with E-state index >= 15 is 0 Å². The summed E-state index contributed by atoms with van der Waals surface area (Å²) in [5.74, 6) is 0.250. The maximum atomic E-state index is 11.2. The van der Waals surface area contributed by atoms with Gasteiger partial charge in [-0.05, 0) is 13.0 Å². The van der Waals surface area contributed by atoms with E-state index in [1.807, 2.05) is 0 Å². The number of carbonyl (C=O) groups excluding carboxylic acids is 1. The third kappa shape index (κ3) is 3.42. The summed E-state index contributed by atoms with van der Waals surface area (Å²) in [6, 6.07) is 3.40. The van der Waals surface area contributed by atoms with Crippen LogP contribution in [0.1, 0.15) is 19.0 Å². The van der Waals surface area contributed by atoms with Crippen LogP contribution in [0.4, 0.5) is 5.69 Å². The van der Waals surface area contributed by atoms with Gasteiger partial charge in [0.25, 0.3) is 0 Å². The highest BCUT2D eigenvalue weighted by Gasteiger charge is 2.07. The van der Waals surface area contributed by atoms with Crippen LogP contribution in [0.2, 0.25) is 0 Å². The van der Waals surface area contributed by atoms with Gasteiger partial charge in [0, 0.05) is 12.5 Å². The summed E-state index contributed by atoms with van der Waals surface area (Å²) in [6.07, 6.45) is 0.736. The van der Waals surface area contributed by atoms with Crippen molar-refractivity contribution in [1.29, 1.82) is 0 Å². The van der Waals surface area contributed by atoms with Crippen molar-refractivity contribution in [2.75, 3.05) is 19.5 Å². The Morgan fingerprint density at radius 3 is 2.88 bits per heavy atom. The fourth-order valence-corrected chi connectivity index (χ4v) is 1.26. The summed E-state index contributed by atoms with van der Waals surface area (Å²) in [7, 11) is 1.54. The van der Waals surface area contributed by atoms with E-state index in [4.69, 9.17) is 15.2 Å². The van der Waals surface area contributed by atoms with Gasteiger partial charge in [-0.25, -0.2) is 4.98 Å². The monoisotopic (exact) mass is 224 g/mol. The number of hydrogen-bond acceptors (Lipinski definition) is 5. The van der Waals surface area contributed by atoms with Crippen LogP contribution in [-0.4, -0.2) is 24.7 Å². The van der Waals surface area contributed by atoms with E-state index in [1.54, 1.807) is 19.1 Å². The molecular formula is C11H16N2O3. The van der Waals surface area contributed by atoms with Gasteiger partial charge in [0.2, 0.25) is 5.88 Å². The summed E-state index contributed by atoms with van der Waals surface area (Å²) in [5.41, 5.74) is 6.95. The van der Waals surface area contributed by atoms with E-state index in [0.717, 1.165) is 0 Å². The molecule has 5 nitrogen and oxygen atoms in total. The van der Waals surface area contributed by atoms with Crippen molar-refractivity contribution >= 4 is 11.7 Å². The molecule has 0 aromatic carbocycles. The van der Waals surface area contributed by atoms with E-state index in [9.17, 15) is 4.79 Å². The Bertz CT molecular complexity index is 366. The number of ether oxygens (including phenoxy) is 2. The molecule has 0 saturated carbocycles. The number of methoxy groups -OCH3 is 1. The quantitative estimate of drug-likeness (QED) is 0.760. The first-order valence-corrected chi connectivity index (χ1v) is 5.12. The average Bonchev–Trinajstić information content (AvgIpc) is 2.28. The molecule has 0 aliphatic rings. The minimum absolute atomic E-state index is 0.244. The Kier molecular flexibility index (Phi) is 4.57. The number of nitrogen functional groups attached to an aromatic ring is 1. The summed E-state index contributed by atoms with van der Waals surface area (Å²) < 4.78 is 9.80. The van der Waals surface area contributed by atoms with Crippen molar-refractivity contribution in [1.82, 2.24) is 4.98 Å². The Morgan fingerprint density at radius 2 is 2.25 bits per heavy atom. The molecule has 0 fully saturated rings. The van der Waals surface area contributed by atoms with Crippen LogP contribution in [0.25, 0.3) is 0 Å². The highest BCUT2D eigenvalue weighted by molar-refractivity contribution is 5.69. The van der Waals surface area contributed by atoms with Gasteiger partial charge in [-0.3, -0.25) is 4.79 Å². The normalized spacial score (nSPS) is 9.88. The molecule has 0 radical (unpaired) electrons. The number of esters is 1. The first-order chi connectivity index (χ1) is 7.67. The Balaban J connectivity index is 2.62. The van der Waals surface area contributed by atoms with Crippen molar-refractivity contribution in [2.24, 2.45) is 0 Å². The van der Waals surface area contributed by atoms with E-state index in [2.05, 4.69) is 4.98 Å². The smallest absolute Gasteiger partial charge is 0.306 e. The minimum atomic E-state index is -0.244. The predicted molar refractivity (Wildman–Crippen MR) is 60.2 cm³/mol. The minimum Gasteiger partial charge on any atom is -0.481 e. The molecule has 1 heterocycles. The molecule has 1 aromatic rings. The molecule has 0 saturated heterocycles. The highest BCUT2D eigenvalue weighted by Crippen LogP contribution is 2.16. The van der Waals surface area contributed by atoms with Crippen LogP contribution >= 0.6 is 0 Å². The Morgan fingerprint density at radius 1 is 1.50 bits per heavy atom. The second kappa shape index (κ2) is 5.95. The van der Waals surface area contributed by atoms with Gasteiger partial charge >= 0.3 is 5.97 Å². The van der Waals surface area contributed by atoms with Crippen LogP contribution < -0.4 is 10.5 Å². The van der Waals surface area contributed by atoms with E-state index < -0.39 is 0 Å². The summed E-state index contributed by atoms with van der Waals surface area (Å²) in [6.45, 7) is 2.16. The fourth-order valence-electron chi connectivity index (χ4n) is 1.26. The zero-order valence-corrected chi connectivity index (χ0v) is 9.53. The number of hydrogen-bond donors (Lipinski definition) is 1. The number of anilines is 1. The van der Waals surface area contributed by atoms with Crippen LogP contribution in [0.5, 0.6) is 5.88 Å². The molecule has 0 spiro atoms. The number of rotatable bonds is 5. The second-order valence-electron chi connectivity index (χ2n) is 3.19. The molecule has 16 heavy (non-hydrogen) atoms. The SMILES string of the molecule is CCOC(=O)CCc1nc(OC)ccc1N. The number of carbonyl (C=O) groups is 1. The van der Waals surface area contributed by atoms with Gasteiger partial charge in [-0.2, -0.15) is 0 Å². The van der Waals surface area contributed by atoms with Crippen LogP contribution in [0, 0.1) is 0 Å². The van der Waals surface area contributed by atoms with Crippen LogP contribution in [0.3, 0.4) is 0 Å². The maximum Gasteiger partial charge on any atom is 0.306 e. The first-order valence-electron chi connectivity index (χ1n) is 5.12. The third-order valence-electron chi connectivity index (χ3n) is 2.06. The largest absolute Gasteiger partial charge is 0.481 e. The van der Waals surface area contributed by atoms with E-state index in [0.29, 0.717) is 30.3 Å². The molecule has 1 aromatic heterocycles. The van der Waals surface area contributed by atoms with E-state index in [-0.39, 0.29) is 12.4 Å². The zero-order chi connectivity index (χ0) is 12.0. The summed E-state index contributed by atoms with van der Waals surface area (Å²) in [5, 5.41) is 0. The first kappa shape index (κ1) is 12.3. The van der Waals surface area contributed by atoms with E-state index in [1.165, 1.54) is 7.11 Å². The predicted octanol–water partition coefficient (Wildman–Crippen LogP) is 1.17. The molecule has 0 amide bonds. The van der Waals surface area contributed by atoms with Gasteiger partial charge in [0.15, 0.2) is 0 Å². The van der Waals surface area contributed by atoms with Crippen molar-refractivity contribution in [3.05, 3.63) is 17.8 Å². The average molecular weight is 224 g/mol. The van der Waals surface area contributed by atoms with Gasteiger partial charge in [-0.1, -0.05) is 0 Å². The zero-order valence-electron chi connectivity index (χ0n) is 9.53. The summed E-state index contributed by atoms with van der Waals surface area (Å²) in [4.78, 5) is 15.3. The topological polar surface area (TPSA) is 74.4 Å². The molecular weight excluding hydrogens is 208 g/mol. The molecule has 2 N–H and O–H groups in total. The van der Waals surface area contributed by atoms with Crippen molar-refractivity contribution in [3.63, 3.8) is 0 Å².